The van der Waals surface area contributed by atoms with Crippen molar-refractivity contribution >= 4 is 29.9 Å². The first-order valence-corrected chi connectivity index (χ1v) is 10.7. The summed E-state index contributed by atoms with van der Waals surface area (Å²) in [7, 11) is 1.81. The lowest BCUT2D eigenvalue weighted by molar-refractivity contribution is 0.0243. The van der Waals surface area contributed by atoms with Gasteiger partial charge in [0.2, 0.25) is 0 Å². The maximum atomic E-state index is 5.83. The van der Waals surface area contributed by atoms with Crippen LogP contribution in [0.4, 0.5) is 0 Å². The fraction of sp³-hybridized carbons (Fsp3) is 0.682. The monoisotopic (exact) mass is 515 g/mol. The molecule has 0 bridgehead atoms. The molecule has 164 valence electrons. The summed E-state index contributed by atoms with van der Waals surface area (Å²) in [5.74, 6) is 0.828. The third-order valence-corrected chi connectivity index (χ3v) is 5.96. The summed E-state index contributed by atoms with van der Waals surface area (Å²) in [5.41, 5.74) is 2.59. The van der Waals surface area contributed by atoms with E-state index >= 15 is 0 Å². The lowest BCUT2D eigenvalue weighted by Gasteiger charge is -2.34. The van der Waals surface area contributed by atoms with Crippen molar-refractivity contribution in [2.75, 3.05) is 52.9 Å². The topological polar surface area (TPSA) is 52.1 Å². The number of halogens is 1. The van der Waals surface area contributed by atoms with Gasteiger partial charge in [-0.15, -0.1) is 24.0 Å². The van der Waals surface area contributed by atoms with Crippen molar-refractivity contribution in [3.05, 3.63) is 35.4 Å². The van der Waals surface area contributed by atoms with E-state index in [0.29, 0.717) is 0 Å². The zero-order valence-corrected chi connectivity index (χ0v) is 20.6. The molecule has 0 aliphatic carbocycles. The highest BCUT2D eigenvalue weighted by Gasteiger charge is 2.29. The van der Waals surface area contributed by atoms with E-state index in [1.807, 2.05) is 7.05 Å². The van der Waals surface area contributed by atoms with Crippen molar-refractivity contribution in [1.82, 2.24) is 20.4 Å². The fourth-order valence-corrected chi connectivity index (χ4v) is 3.94. The van der Waals surface area contributed by atoms with Crippen LogP contribution in [0, 0.1) is 0 Å². The van der Waals surface area contributed by atoms with Crippen molar-refractivity contribution in [2.45, 2.75) is 45.4 Å². The molecular formula is C22H38IN5O. The van der Waals surface area contributed by atoms with Crippen LogP contribution in [0.3, 0.4) is 0 Å². The molecule has 0 radical (unpaired) electrons. The van der Waals surface area contributed by atoms with Gasteiger partial charge in [-0.3, -0.25) is 9.89 Å². The minimum atomic E-state index is -0.0676. The Bertz CT molecular complexity index is 623. The van der Waals surface area contributed by atoms with Gasteiger partial charge in [-0.05, 0) is 37.4 Å². The van der Waals surface area contributed by atoms with E-state index in [1.54, 1.807) is 0 Å². The minimum absolute atomic E-state index is 0. The van der Waals surface area contributed by atoms with E-state index in [-0.39, 0.29) is 29.6 Å². The van der Waals surface area contributed by atoms with Crippen LogP contribution in [0.5, 0.6) is 0 Å². The highest BCUT2D eigenvalue weighted by molar-refractivity contribution is 14.0. The highest BCUT2D eigenvalue weighted by Crippen LogP contribution is 2.23. The SMILES string of the molecule is CCN1CCN(Cc2ccc(CNC(=NC)NCC3(C)CCCO3)cc2)CC1.I. The molecular weight excluding hydrogens is 477 g/mol. The normalized spacial score (nSPS) is 23.6. The van der Waals surface area contributed by atoms with Gasteiger partial charge >= 0.3 is 0 Å². The standard InChI is InChI=1S/C22H37N5O.HI/c1-4-26-11-13-27(14-12-26)17-20-8-6-19(7-9-20)16-24-21(23-3)25-18-22(2)10-5-15-28-22;/h6-9H,4-5,10-18H2,1-3H3,(H2,23,24,25);1H. The first kappa shape index (κ1) is 24.4. The Hall–Kier alpha value is -0.900. The zero-order chi connectivity index (χ0) is 19.8. The molecule has 6 nitrogen and oxygen atoms in total. The number of aliphatic imine (C=N–C) groups is 1. The number of hydrogen-bond donors (Lipinski definition) is 2. The van der Waals surface area contributed by atoms with Crippen LogP contribution in [-0.2, 0) is 17.8 Å². The maximum absolute atomic E-state index is 5.83. The smallest absolute Gasteiger partial charge is 0.191 e. The molecule has 29 heavy (non-hydrogen) atoms. The van der Waals surface area contributed by atoms with Crippen LogP contribution in [0.25, 0.3) is 0 Å². The molecule has 1 aromatic rings. The van der Waals surface area contributed by atoms with E-state index in [2.05, 4.69) is 63.5 Å². The van der Waals surface area contributed by atoms with Crippen molar-refractivity contribution in [2.24, 2.45) is 4.99 Å². The van der Waals surface area contributed by atoms with Gasteiger partial charge in [0.1, 0.15) is 0 Å². The van der Waals surface area contributed by atoms with Gasteiger partial charge in [0, 0.05) is 59.5 Å². The highest BCUT2D eigenvalue weighted by atomic mass is 127. The van der Waals surface area contributed by atoms with Crippen LogP contribution in [0.1, 0.15) is 37.8 Å². The Labute approximate surface area is 193 Å². The van der Waals surface area contributed by atoms with Gasteiger partial charge < -0.3 is 20.3 Å². The van der Waals surface area contributed by atoms with E-state index in [4.69, 9.17) is 4.74 Å². The van der Waals surface area contributed by atoms with Gasteiger partial charge in [-0.25, -0.2) is 0 Å². The van der Waals surface area contributed by atoms with Gasteiger partial charge in [0.15, 0.2) is 5.96 Å². The minimum Gasteiger partial charge on any atom is -0.373 e. The first-order valence-electron chi connectivity index (χ1n) is 10.7. The van der Waals surface area contributed by atoms with E-state index in [9.17, 15) is 0 Å². The fourth-order valence-electron chi connectivity index (χ4n) is 3.94. The number of ether oxygens (including phenoxy) is 1. The molecule has 0 amide bonds. The van der Waals surface area contributed by atoms with Crippen LogP contribution in [0.15, 0.2) is 29.3 Å². The first-order chi connectivity index (χ1) is 13.6. The molecule has 1 aromatic carbocycles. The second kappa shape index (κ2) is 12.1. The lowest BCUT2D eigenvalue weighted by Crippen LogP contribution is -2.45. The maximum Gasteiger partial charge on any atom is 0.191 e. The second-order valence-electron chi connectivity index (χ2n) is 8.21. The molecule has 2 aliphatic rings. The van der Waals surface area contributed by atoms with Crippen molar-refractivity contribution in [1.29, 1.82) is 0 Å². The average Bonchev–Trinajstić information content (AvgIpc) is 3.16. The predicted octanol–water partition coefficient (Wildman–Crippen LogP) is 2.68. The third-order valence-electron chi connectivity index (χ3n) is 5.96. The number of benzene rings is 1. The molecule has 2 heterocycles. The third kappa shape index (κ3) is 7.70. The quantitative estimate of drug-likeness (QED) is 0.333. The molecule has 2 aliphatic heterocycles. The number of likely N-dealkylation sites (N-methyl/N-ethyl adjacent to an activating group) is 1. The van der Waals surface area contributed by atoms with Crippen LogP contribution in [0.2, 0.25) is 0 Å². The summed E-state index contributed by atoms with van der Waals surface area (Å²) in [5, 5.41) is 6.81. The molecule has 2 fully saturated rings. The van der Waals surface area contributed by atoms with Crippen LogP contribution >= 0.6 is 24.0 Å². The summed E-state index contributed by atoms with van der Waals surface area (Å²) >= 11 is 0. The molecule has 3 rings (SSSR count). The summed E-state index contributed by atoms with van der Waals surface area (Å²) in [6.45, 7) is 13.8. The van der Waals surface area contributed by atoms with Crippen LogP contribution < -0.4 is 10.6 Å². The zero-order valence-electron chi connectivity index (χ0n) is 18.2. The Kier molecular flexibility index (Phi) is 10.1. The van der Waals surface area contributed by atoms with Crippen molar-refractivity contribution in [3.63, 3.8) is 0 Å². The lowest BCUT2D eigenvalue weighted by atomic mass is 10.0. The Morgan fingerprint density at radius 2 is 1.72 bits per heavy atom. The predicted molar refractivity (Wildman–Crippen MR) is 131 cm³/mol. The van der Waals surface area contributed by atoms with E-state index in [1.165, 1.54) is 43.9 Å². The average molecular weight is 515 g/mol. The number of guanidine groups is 1. The van der Waals surface area contributed by atoms with Gasteiger partial charge in [-0.1, -0.05) is 31.2 Å². The number of rotatable bonds is 7. The number of hydrogen-bond acceptors (Lipinski definition) is 4. The summed E-state index contributed by atoms with van der Waals surface area (Å²) in [6, 6.07) is 8.96. The van der Waals surface area contributed by atoms with E-state index < -0.39 is 0 Å². The molecule has 0 saturated carbocycles. The van der Waals surface area contributed by atoms with E-state index in [0.717, 1.165) is 45.0 Å². The van der Waals surface area contributed by atoms with Gasteiger partial charge in [0.25, 0.3) is 0 Å². The Morgan fingerprint density at radius 1 is 1.07 bits per heavy atom. The number of nitrogens with zero attached hydrogens (tertiary/aromatic N) is 3. The van der Waals surface area contributed by atoms with Crippen molar-refractivity contribution in [3.8, 4) is 0 Å². The van der Waals surface area contributed by atoms with Gasteiger partial charge in [-0.2, -0.15) is 0 Å². The van der Waals surface area contributed by atoms with Crippen molar-refractivity contribution < 1.29 is 4.74 Å². The van der Waals surface area contributed by atoms with Gasteiger partial charge in [0.05, 0.1) is 5.60 Å². The Morgan fingerprint density at radius 3 is 2.31 bits per heavy atom. The molecule has 7 heteroatoms. The molecule has 0 spiro atoms. The summed E-state index contributed by atoms with van der Waals surface area (Å²) < 4.78 is 5.83. The summed E-state index contributed by atoms with van der Waals surface area (Å²) in [4.78, 5) is 9.40. The molecule has 1 unspecified atom stereocenters. The Balaban J connectivity index is 0.00000300. The second-order valence-corrected chi connectivity index (χ2v) is 8.21. The molecule has 0 aromatic heterocycles. The molecule has 2 N–H and O–H groups in total. The van der Waals surface area contributed by atoms with Crippen LogP contribution in [-0.4, -0.2) is 74.3 Å². The largest absolute Gasteiger partial charge is 0.373 e. The number of nitrogens with one attached hydrogen (secondary N) is 2. The summed E-state index contributed by atoms with van der Waals surface area (Å²) in [6.07, 6.45) is 2.25. The molecule has 2 saturated heterocycles. The number of piperazine rings is 1. The molecule has 1 atom stereocenters.